The summed E-state index contributed by atoms with van der Waals surface area (Å²) in [4.78, 5) is 12.2. The lowest BCUT2D eigenvalue weighted by atomic mass is 10.1. The number of carbonyl (C=O) groups excluding carboxylic acids is 1. The summed E-state index contributed by atoms with van der Waals surface area (Å²) in [6.45, 7) is 0.264. The van der Waals surface area contributed by atoms with E-state index >= 15 is 0 Å². The molecule has 4 aromatic carbocycles. The highest BCUT2D eigenvalue weighted by Crippen LogP contribution is 2.32. The Labute approximate surface area is 208 Å². The van der Waals surface area contributed by atoms with E-state index in [9.17, 15) is 4.79 Å². The van der Waals surface area contributed by atoms with Gasteiger partial charge in [0.05, 0.1) is 10.7 Å². The fourth-order valence-corrected chi connectivity index (χ4v) is 4.24. The van der Waals surface area contributed by atoms with Gasteiger partial charge in [0, 0.05) is 10.0 Å². The SMILES string of the molecule is O=C(COc1ccc2ccccc2c1Br)NN=Cc1ccccc1OCc1cccc(Br)c1. The summed E-state index contributed by atoms with van der Waals surface area (Å²) in [5.41, 5.74) is 4.29. The molecule has 0 saturated heterocycles. The van der Waals surface area contributed by atoms with E-state index in [1.807, 2.05) is 84.9 Å². The lowest BCUT2D eigenvalue weighted by molar-refractivity contribution is -0.123. The number of benzene rings is 4. The minimum Gasteiger partial charge on any atom is -0.488 e. The van der Waals surface area contributed by atoms with E-state index in [0.717, 1.165) is 30.8 Å². The lowest BCUT2D eigenvalue weighted by Gasteiger charge is -2.10. The van der Waals surface area contributed by atoms with Gasteiger partial charge in [0.25, 0.3) is 5.91 Å². The number of rotatable bonds is 8. The number of amides is 1. The van der Waals surface area contributed by atoms with Crippen molar-refractivity contribution in [2.24, 2.45) is 5.10 Å². The first-order valence-corrected chi connectivity index (χ1v) is 11.8. The second kappa shape index (κ2) is 11.1. The molecule has 0 heterocycles. The van der Waals surface area contributed by atoms with Gasteiger partial charge in [-0.2, -0.15) is 5.10 Å². The summed E-state index contributed by atoms with van der Waals surface area (Å²) in [5, 5.41) is 6.16. The van der Waals surface area contributed by atoms with Gasteiger partial charge in [-0.15, -0.1) is 0 Å². The molecular formula is C26H20Br2N2O3. The van der Waals surface area contributed by atoms with Crippen LogP contribution in [-0.4, -0.2) is 18.7 Å². The summed E-state index contributed by atoms with van der Waals surface area (Å²) in [7, 11) is 0. The van der Waals surface area contributed by atoms with Gasteiger partial charge in [0.2, 0.25) is 0 Å². The topological polar surface area (TPSA) is 59.9 Å². The van der Waals surface area contributed by atoms with Crippen molar-refractivity contribution in [2.75, 3.05) is 6.61 Å². The highest BCUT2D eigenvalue weighted by atomic mass is 79.9. The summed E-state index contributed by atoms with van der Waals surface area (Å²) in [6.07, 6.45) is 1.56. The highest BCUT2D eigenvalue weighted by molar-refractivity contribution is 9.11. The molecule has 4 aromatic rings. The second-order valence-electron chi connectivity index (χ2n) is 7.14. The van der Waals surface area contributed by atoms with Crippen molar-refractivity contribution in [2.45, 2.75) is 6.61 Å². The number of hydrogen-bond acceptors (Lipinski definition) is 4. The normalized spacial score (nSPS) is 11.0. The van der Waals surface area contributed by atoms with Crippen LogP contribution in [-0.2, 0) is 11.4 Å². The van der Waals surface area contributed by atoms with Crippen LogP contribution >= 0.6 is 31.9 Å². The molecule has 0 aliphatic heterocycles. The first kappa shape index (κ1) is 23.0. The van der Waals surface area contributed by atoms with E-state index in [1.54, 1.807) is 6.21 Å². The van der Waals surface area contributed by atoms with Crippen molar-refractivity contribution in [3.05, 3.63) is 105 Å². The van der Waals surface area contributed by atoms with Crippen molar-refractivity contribution in [1.29, 1.82) is 0 Å². The Morgan fingerprint density at radius 1 is 0.879 bits per heavy atom. The maximum absolute atomic E-state index is 12.2. The average Bonchev–Trinajstić information content (AvgIpc) is 2.83. The van der Waals surface area contributed by atoms with Crippen LogP contribution in [0.1, 0.15) is 11.1 Å². The quantitative estimate of drug-likeness (QED) is 0.196. The van der Waals surface area contributed by atoms with Crippen LogP contribution in [0.3, 0.4) is 0 Å². The lowest BCUT2D eigenvalue weighted by Crippen LogP contribution is -2.24. The summed E-state index contributed by atoms with van der Waals surface area (Å²) in [5.74, 6) is 0.907. The number of nitrogens with one attached hydrogen (secondary N) is 1. The van der Waals surface area contributed by atoms with Crippen LogP contribution in [0.25, 0.3) is 10.8 Å². The van der Waals surface area contributed by atoms with Crippen molar-refractivity contribution in [1.82, 2.24) is 5.43 Å². The van der Waals surface area contributed by atoms with Gasteiger partial charge in [-0.3, -0.25) is 4.79 Å². The Hall–Kier alpha value is -3.16. The zero-order valence-electron chi connectivity index (χ0n) is 17.5. The molecule has 0 aliphatic carbocycles. The molecule has 0 spiro atoms. The molecule has 1 N–H and O–H groups in total. The van der Waals surface area contributed by atoms with Gasteiger partial charge < -0.3 is 9.47 Å². The smallest absolute Gasteiger partial charge is 0.277 e. The minimum atomic E-state index is -0.362. The number of nitrogens with zero attached hydrogens (tertiary/aromatic N) is 1. The molecule has 0 atom stereocenters. The first-order valence-electron chi connectivity index (χ1n) is 10.2. The molecule has 0 saturated carbocycles. The summed E-state index contributed by atoms with van der Waals surface area (Å²) < 4.78 is 13.4. The zero-order chi connectivity index (χ0) is 23.0. The van der Waals surface area contributed by atoms with Crippen molar-refractivity contribution < 1.29 is 14.3 Å². The average molecular weight is 568 g/mol. The van der Waals surface area contributed by atoms with E-state index in [2.05, 4.69) is 42.4 Å². The molecule has 4 rings (SSSR count). The van der Waals surface area contributed by atoms with E-state index in [0.29, 0.717) is 18.1 Å². The van der Waals surface area contributed by atoms with E-state index in [-0.39, 0.29) is 12.5 Å². The number of fused-ring (bicyclic) bond motifs is 1. The molecule has 0 aliphatic rings. The number of carbonyl (C=O) groups is 1. The Kier molecular flexibility index (Phi) is 7.75. The van der Waals surface area contributed by atoms with E-state index in [1.165, 1.54) is 0 Å². The number of para-hydroxylation sites is 1. The maximum atomic E-state index is 12.2. The van der Waals surface area contributed by atoms with Gasteiger partial charge >= 0.3 is 0 Å². The molecule has 166 valence electrons. The predicted octanol–water partition coefficient (Wildman–Crippen LogP) is 6.47. The second-order valence-corrected chi connectivity index (χ2v) is 8.85. The van der Waals surface area contributed by atoms with Crippen molar-refractivity contribution in [3.8, 4) is 11.5 Å². The van der Waals surface area contributed by atoms with Crippen LogP contribution in [0.2, 0.25) is 0 Å². The van der Waals surface area contributed by atoms with Crippen molar-refractivity contribution in [3.63, 3.8) is 0 Å². The van der Waals surface area contributed by atoms with Gasteiger partial charge in [0.15, 0.2) is 6.61 Å². The Balaban J connectivity index is 1.33. The zero-order valence-corrected chi connectivity index (χ0v) is 20.7. The Morgan fingerprint density at radius 3 is 2.58 bits per heavy atom. The van der Waals surface area contributed by atoms with E-state index < -0.39 is 0 Å². The Bertz CT molecular complexity index is 1310. The van der Waals surface area contributed by atoms with Crippen LogP contribution < -0.4 is 14.9 Å². The molecule has 5 nitrogen and oxygen atoms in total. The van der Waals surface area contributed by atoms with Gasteiger partial charge in [-0.1, -0.05) is 70.5 Å². The van der Waals surface area contributed by atoms with Crippen LogP contribution in [0, 0.1) is 0 Å². The third-order valence-electron chi connectivity index (χ3n) is 4.78. The maximum Gasteiger partial charge on any atom is 0.277 e. The first-order chi connectivity index (χ1) is 16.1. The number of hydrazone groups is 1. The van der Waals surface area contributed by atoms with Gasteiger partial charge in [-0.25, -0.2) is 5.43 Å². The molecule has 1 amide bonds. The fourth-order valence-electron chi connectivity index (χ4n) is 3.18. The monoisotopic (exact) mass is 566 g/mol. The third-order valence-corrected chi connectivity index (χ3v) is 6.09. The molecule has 7 heteroatoms. The Morgan fingerprint density at radius 2 is 1.70 bits per heavy atom. The van der Waals surface area contributed by atoms with Crippen molar-refractivity contribution >= 4 is 54.8 Å². The summed E-state index contributed by atoms with van der Waals surface area (Å²) >= 11 is 7.02. The van der Waals surface area contributed by atoms with Gasteiger partial charge in [-0.05, 0) is 62.6 Å². The number of hydrogen-bond donors (Lipinski definition) is 1. The third kappa shape index (κ3) is 6.21. The number of halogens is 2. The van der Waals surface area contributed by atoms with Crippen LogP contribution in [0.15, 0.2) is 99.0 Å². The molecule has 0 bridgehead atoms. The standard InChI is InChI=1S/C26H20Br2N2O3/c27-21-9-5-6-18(14-21)16-32-23-11-4-2-8-20(23)15-29-30-25(31)17-33-24-13-12-19-7-1-3-10-22(19)26(24)28/h1-15H,16-17H2,(H,30,31). The molecule has 0 unspecified atom stereocenters. The minimum absolute atomic E-state index is 0.157. The fraction of sp³-hybridized carbons (Fsp3) is 0.0769. The molecule has 0 aromatic heterocycles. The predicted molar refractivity (Wildman–Crippen MR) is 138 cm³/mol. The summed E-state index contributed by atoms with van der Waals surface area (Å²) in [6, 6.07) is 27.2. The van der Waals surface area contributed by atoms with E-state index in [4.69, 9.17) is 9.47 Å². The molecule has 0 radical (unpaired) electrons. The van der Waals surface area contributed by atoms with Gasteiger partial charge in [0.1, 0.15) is 18.1 Å². The molecule has 0 fully saturated rings. The molecular weight excluding hydrogens is 548 g/mol. The van der Waals surface area contributed by atoms with Crippen LogP contribution in [0.5, 0.6) is 11.5 Å². The molecule has 33 heavy (non-hydrogen) atoms. The number of ether oxygens (including phenoxy) is 2. The largest absolute Gasteiger partial charge is 0.488 e. The highest BCUT2D eigenvalue weighted by Gasteiger charge is 2.08. The van der Waals surface area contributed by atoms with Crippen LogP contribution in [0.4, 0.5) is 0 Å².